The molecule has 1 fully saturated rings. The third-order valence-electron chi connectivity index (χ3n) is 6.47. The number of fused-ring (bicyclic) bond motifs is 1. The van der Waals surface area contributed by atoms with Gasteiger partial charge in [-0.2, -0.15) is 0 Å². The molecule has 1 unspecified atom stereocenters. The lowest BCUT2D eigenvalue weighted by atomic mass is 10.0. The number of nitrogens with zero attached hydrogens (tertiary/aromatic N) is 2. The van der Waals surface area contributed by atoms with Crippen molar-refractivity contribution in [1.29, 1.82) is 0 Å². The summed E-state index contributed by atoms with van der Waals surface area (Å²) in [4.78, 5) is 15.4. The number of amides is 1. The van der Waals surface area contributed by atoms with Crippen LogP contribution < -0.4 is 4.31 Å². The molecule has 1 amide bonds. The van der Waals surface area contributed by atoms with Crippen LogP contribution in [0.25, 0.3) is 0 Å². The molecule has 2 aliphatic rings. The summed E-state index contributed by atoms with van der Waals surface area (Å²) in [6.45, 7) is 1.12. The number of likely N-dealkylation sites (tertiary alicyclic amines) is 1. The predicted octanol–water partition coefficient (Wildman–Crippen LogP) is 4.29. The zero-order valence-electron chi connectivity index (χ0n) is 17.9. The van der Waals surface area contributed by atoms with E-state index < -0.39 is 10.0 Å². The normalized spacial score (nSPS) is 18.1. The van der Waals surface area contributed by atoms with Crippen LogP contribution in [0.4, 0.5) is 5.69 Å². The van der Waals surface area contributed by atoms with E-state index in [0.717, 1.165) is 30.5 Å². The van der Waals surface area contributed by atoms with E-state index in [9.17, 15) is 13.2 Å². The van der Waals surface area contributed by atoms with Crippen molar-refractivity contribution in [2.24, 2.45) is 0 Å². The number of hydrogen-bond acceptors (Lipinski definition) is 3. The molecule has 0 aliphatic carbocycles. The van der Waals surface area contributed by atoms with Gasteiger partial charge in [0.2, 0.25) is 0 Å². The van der Waals surface area contributed by atoms with Crippen molar-refractivity contribution in [3.63, 3.8) is 0 Å². The molecule has 0 bridgehead atoms. The van der Waals surface area contributed by atoms with Gasteiger partial charge in [0, 0.05) is 24.7 Å². The molecule has 6 heteroatoms. The fraction of sp³-hybridized carbons (Fsp3) is 0.269. The molecular formula is C26H26N2O3S. The fourth-order valence-corrected chi connectivity index (χ4v) is 6.39. The van der Waals surface area contributed by atoms with Crippen molar-refractivity contribution in [3.8, 4) is 0 Å². The number of anilines is 1. The first kappa shape index (κ1) is 20.8. The van der Waals surface area contributed by atoms with E-state index in [1.54, 1.807) is 18.2 Å². The summed E-state index contributed by atoms with van der Waals surface area (Å²) in [5, 5.41) is 0. The molecule has 2 heterocycles. The van der Waals surface area contributed by atoms with Crippen molar-refractivity contribution < 1.29 is 13.2 Å². The number of rotatable bonds is 5. The number of benzene rings is 3. The molecule has 1 saturated heterocycles. The van der Waals surface area contributed by atoms with Gasteiger partial charge >= 0.3 is 0 Å². The van der Waals surface area contributed by atoms with Gasteiger partial charge in [0.25, 0.3) is 15.9 Å². The summed E-state index contributed by atoms with van der Waals surface area (Å²) in [6.07, 6.45) is 3.44. The first-order valence-electron chi connectivity index (χ1n) is 11.1. The molecule has 32 heavy (non-hydrogen) atoms. The van der Waals surface area contributed by atoms with E-state index in [4.69, 9.17) is 0 Å². The van der Waals surface area contributed by atoms with E-state index >= 15 is 0 Å². The molecule has 2 aliphatic heterocycles. The molecule has 5 rings (SSSR count). The van der Waals surface area contributed by atoms with Gasteiger partial charge < -0.3 is 4.90 Å². The highest BCUT2D eigenvalue weighted by atomic mass is 32.2. The number of carbonyl (C=O) groups excluding carboxylic acids is 1. The fourth-order valence-electron chi connectivity index (χ4n) is 4.84. The second kappa shape index (κ2) is 8.43. The Morgan fingerprint density at radius 1 is 0.906 bits per heavy atom. The van der Waals surface area contributed by atoms with Crippen LogP contribution >= 0.6 is 0 Å². The Bertz CT molecular complexity index is 1240. The molecule has 164 valence electrons. The number of carbonyl (C=O) groups is 1. The number of para-hydroxylation sites is 1. The van der Waals surface area contributed by atoms with Crippen molar-refractivity contribution >= 4 is 21.6 Å². The third-order valence-corrected chi connectivity index (χ3v) is 8.27. The summed E-state index contributed by atoms with van der Waals surface area (Å²) in [6, 6.07) is 24.4. The Morgan fingerprint density at radius 2 is 1.69 bits per heavy atom. The molecule has 5 nitrogen and oxygen atoms in total. The lowest BCUT2D eigenvalue weighted by Crippen LogP contribution is -2.37. The number of hydrogen-bond donors (Lipinski definition) is 0. The van der Waals surface area contributed by atoms with E-state index in [0.29, 0.717) is 25.1 Å². The van der Waals surface area contributed by atoms with E-state index in [2.05, 4.69) is 12.1 Å². The van der Waals surface area contributed by atoms with Gasteiger partial charge in [-0.3, -0.25) is 9.10 Å². The van der Waals surface area contributed by atoms with Crippen molar-refractivity contribution in [2.45, 2.75) is 36.6 Å². The van der Waals surface area contributed by atoms with Gasteiger partial charge in [-0.15, -0.1) is 0 Å². The van der Waals surface area contributed by atoms with Crippen LogP contribution in [0.2, 0.25) is 0 Å². The first-order chi connectivity index (χ1) is 15.5. The minimum atomic E-state index is -3.73. The summed E-state index contributed by atoms with van der Waals surface area (Å²) in [5.74, 6) is -0.0951. The highest BCUT2D eigenvalue weighted by Gasteiger charge is 2.33. The summed E-state index contributed by atoms with van der Waals surface area (Å²) in [5.41, 5.74) is 3.40. The minimum Gasteiger partial charge on any atom is -0.335 e. The summed E-state index contributed by atoms with van der Waals surface area (Å²) >= 11 is 0. The summed E-state index contributed by atoms with van der Waals surface area (Å²) < 4.78 is 28.3. The third kappa shape index (κ3) is 3.79. The standard InChI is InChI=1S/C26H26N2O3S/c29-26(27-16-7-12-23(27)18-20-8-2-1-3-9-20)22-11-6-13-24(19-22)32(30,31)28-17-15-21-10-4-5-14-25(21)28/h1-6,8-11,13-14,19,23H,7,12,15-18H2. The molecule has 3 aromatic rings. The lowest BCUT2D eigenvalue weighted by Gasteiger charge is -2.25. The molecule has 0 radical (unpaired) electrons. The monoisotopic (exact) mass is 446 g/mol. The second-order valence-electron chi connectivity index (χ2n) is 8.47. The number of sulfonamides is 1. The van der Waals surface area contributed by atoms with Crippen molar-refractivity contribution in [1.82, 2.24) is 4.90 Å². The van der Waals surface area contributed by atoms with Crippen molar-refractivity contribution in [3.05, 3.63) is 95.6 Å². The van der Waals surface area contributed by atoms with E-state index in [1.165, 1.54) is 15.9 Å². The Labute approximate surface area is 189 Å². The Balaban J connectivity index is 1.40. The molecule has 0 N–H and O–H groups in total. The van der Waals surface area contributed by atoms with Crippen LogP contribution in [0.1, 0.15) is 34.3 Å². The van der Waals surface area contributed by atoms with E-state index in [1.807, 2.05) is 47.4 Å². The quantitative estimate of drug-likeness (QED) is 0.588. The van der Waals surface area contributed by atoms with Gasteiger partial charge in [0.15, 0.2) is 0 Å². The largest absolute Gasteiger partial charge is 0.335 e. The smallest absolute Gasteiger partial charge is 0.264 e. The summed E-state index contributed by atoms with van der Waals surface area (Å²) in [7, 11) is -3.73. The Hall–Kier alpha value is -3.12. The molecule has 0 aromatic heterocycles. The minimum absolute atomic E-state index is 0.0951. The average molecular weight is 447 g/mol. The first-order valence-corrected chi connectivity index (χ1v) is 12.5. The van der Waals surface area contributed by atoms with Gasteiger partial charge in [0.05, 0.1) is 10.6 Å². The zero-order chi connectivity index (χ0) is 22.1. The molecule has 3 aromatic carbocycles. The van der Waals surface area contributed by atoms with Crippen LogP contribution in [0.5, 0.6) is 0 Å². The van der Waals surface area contributed by atoms with Crippen LogP contribution in [-0.4, -0.2) is 38.4 Å². The highest BCUT2D eigenvalue weighted by Crippen LogP contribution is 2.33. The zero-order valence-corrected chi connectivity index (χ0v) is 18.7. The van der Waals surface area contributed by atoms with Crippen LogP contribution in [0.15, 0.2) is 83.8 Å². The lowest BCUT2D eigenvalue weighted by molar-refractivity contribution is 0.0736. The highest BCUT2D eigenvalue weighted by molar-refractivity contribution is 7.92. The van der Waals surface area contributed by atoms with Crippen LogP contribution in [0, 0.1) is 0 Å². The molecule has 1 atom stereocenters. The van der Waals surface area contributed by atoms with Gasteiger partial charge in [0.1, 0.15) is 0 Å². The topological polar surface area (TPSA) is 57.7 Å². The predicted molar refractivity (Wildman–Crippen MR) is 125 cm³/mol. The second-order valence-corrected chi connectivity index (χ2v) is 10.3. The SMILES string of the molecule is O=C(c1cccc(S(=O)(=O)N2CCc3ccccc32)c1)N1CCCC1Cc1ccccc1. The van der Waals surface area contributed by atoms with E-state index in [-0.39, 0.29) is 16.8 Å². The van der Waals surface area contributed by atoms with Crippen molar-refractivity contribution in [2.75, 3.05) is 17.4 Å². The van der Waals surface area contributed by atoms with Crippen LogP contribution in [0.3, 0.4) is 0 Å². The molecular weight excluding hydrogens is 420 g/mol. The van der Waals surface area contributed by atoms with Gasteiger partial charge in [-0.1, -0.05) is 54.6 Å². The maximum absolute atomic E-state index is 13.4. The average Bonchev–Trinajstić information content (AvgIpc) is 3.47. The Morgan fingerprint density at radius 3 is 2.53 bits per heavy atom. The maximum atomic E-state index is 13.4. The van der Waals surface area contributed by atoms with Crippen LogP contribution in [-0.2, 0) is 22.9 Å². The maximum Gasteiger partial charge on any atom is 0.264 e. The molecule has 0 spiro atoms. The van der Waals surface area contributed by atoms with Gasteiger partial charge in [-0.25, -0.2) is 8.42 Å². The molecule has 0 saturated carbocycles. The van der Waals surface area contributed by atoms with Gasteiger partial charge in [-0.05, 0) is 61.1 Å². The Kier molecular flexibility index (Phi) is 5.47.